The molecule has 0 unspecified atom stereocenters. The second kappa shape index (κ2) is 6.29. The number of halogens is 2. The molecule has 1 atom stereocenters. The molecule has 0 fully saturated rings. The van der Waals surface area contributed by atoms with Gasteiger partial charge in [-0.25, -0.2) is 0 Å². The van der Waals surface area contributed by atoms with Crippen molar-refractivity contribution in [3.8, 4) is 0 Å². The summed E-state index contributed by atoms with van der Waals surface area (Å²) in [6.45, 7) is 1.92. The number of benzene rings is 2. The molecule has 0 aliphatic heterocycles. The van der Waals surface area contributed by atoms with Gasteiger partial charge in [0, 0.05) is 10.2 Å². The molecule has 0 aliphatic rings. The summed E-state index contributed by atoms with van der Waals surface area (Å²) in [5.74, 6) is -0.217. The van der Waals surface area contributed by atoms with Gasteiger partial charge in [0.15, 0.2) is 0 Å². The summed E-state index contributed by atoms with van der Waals surface area (Å²) in [7, 11) is 0. The van der Waals surface area contributed by atoms with Crippen LogP contribution in [0.15, 0.2) is 46.9 Å². The molecule has 2 rings (SSSR count). The van der Waals surface area contributed by atoms with Crippen molar-refractivity contribution in [1.82, 2.24) is 5.32 Å². The summed E-state index contributed by atoms with van der Waals surface area (Å²) in [6, 6.07) is 12.5. The molecule has 0 radical (unpaired) electrons. The minimum absolute atomic E-state index is 0.107. The smallest absolute Gasteiger partial charge is 0.253 e. The standard InChI is InChI=1S/C15H14BrClN2O/c1-9(10-2-4-11(16)5-3-10)19-15(20)13-7-6-12(18)8-14(13)17/h2-9H,18H2,1H3,(H,19,20)/t9-/m1/s1. The fourth-order valence-electron chi connectivity index (χ4n) is 1.82. The van der Waals surface area contributed by atoms with Crippen LogP contribution >= 0.6 is 27.5 Å². The largest absolute Gasteiger partial charge is 0.399 e. The zero-order chi connectivity index (χ0) is 14.7. The van der Waals surface area contributed by atoms with Crippen molar-refractivity contribution >= 4 is 39.1 Å². The van der Waals surface area contributed by atoms with E-state index in [0.717, 1.165) is 10.0 Å². The van der Waals surface area contributed by atoms with Crippen LogP contribution in [-0.4, -0.2) is 5.91 Å². The number of carbonyl (C=O) groups is 1. The lowest BCUT2D eigenvalue weighted by molar-refractivity contribution is 0.0940. The molecule has 2 aromatic carbocycles. The average molecular weight is 354 g/mol. The number of amides is 1. The van der Waals surface area contributed by atoms with Gasteiger partial charge in [-0.1, -0.05) is 39.7 Å². The van der Waals surface area contributed by atoms with Gasteiger partial charge in [0.2, 0.25) is 0 Å². The Bertz CT molecular complexity index is 628. The minimum Gasteiger partial charge on any atom is -0.399 e. The van der Waals surface area contributed by atoms with E-state index >= 15 is 0 Å². The van der Waals surface area contributed by atoms with Gasteiger partial charge in [-0.2, -0.15) is 0 Å². The first-order chi connectivity index (χ1) is 9.47. The maximum absolute atomic E-state index is 12.2. The first-order valence-electron chi connectivity index (χ1n) is 6.08. The summed E-state index contributed by atoms with van der Waals surface area (Å²) in [5.41, 5.74) is 7.59. The zero-order valence-electron chi connectivity index (χ0n) is 10.9. The number of hydrogen-bond acceptors (Lipinski definition) is 2. The maximum Gasteiger partial charge on any atom is 0.253 e. The van der Waals surface area contributed by atoms with Crippen LogP contribution < -0.4 is 11.1 Å². The van der Waals surface area contributed by atoms with Crippen molar-refractivity contribution in [2.24, 2.45) is 0 Å². The number of rotatable bonds is 3. The molecule has 0 saturated carbocycles. The predicted molar refractivity (Wildman–Crippen MR) is 85.9 cm³/mol. The van der Waals surface area contributed by atoms with E-state index in [9.17, 15) is 4.79 Å². The third kappa shape index (κ3) is 3.52. The zero-order valence-corrected chi connectivity index (χ0v) is 13.2. The molecule has 3 N–H and O–H groups in total. The van der Waals surface area contributed by atoms with Gasteiger partial charge >= 0.3 is 0 Å². The Morgan fingerprint density at radius 1 is 1.25 bits per heavy atom. The lowest BCUT2D eigenvalue weighted by atomic mass is 10.1. The van der Waals surface area contributed by atoms with Crippen LogP contribution in [-0.2, 0) is 0 Å². The molecule has 2 aromatic rings. The van der Waals surface area contributed by atoms with Crippen molar-refractivity contribution in [3.05, 3.63) is 63.1 Å². The summed E-state index contributed by atoms with van der Waals surface area (Å²) < 4.78 is 1.00. The number of nitrogens with two attached hydrogens (primary N) is 1. The molecule has 104 valence electrons. The average Bonchev–Trinajstić information content (AvgIpc) is 2.39. The highest BCUT2D eigenvalue weighted by molar-refractivity contribution is 9.10. The Hall–Kier alpha value is -1.52. The van der Waals surface area contributed by atoms with Gasteiger partial charge in [0.25, 0.3) is 5.91 Å². The Labute approximate surface area is 131 Å². The normalized spacial score (nSPS) is 11.9. The first-order valence-corrected chi connectivity index (χ1v) is 7.26. The van der Waals surface area contributed by atoms with Crippen LogP contribution in [0.25, 0.3) is 0 Å². The minimum atomic E-state index is -0.217. The van der Waals surface area contributed by atoms with Crippen molar-refractivity contribution in [2.45, 2.75) is 13.0 Å². The molecule has 0 aromatic heterocycles. The van der Waals surface area contributed by atoms with Crippen molar-refractivity contribution in [3.63, 3.8) is 0 Å². The molecule has 20 heavy (non-hydrogen) atoms. The number of nitrogen functional groups attached to an aromatic ring is 1. The second-order valence-electron chi connectivity index (χ2n) is 4.49. The highest BCUT2D eigenvalue weighted by Gasteiger charge is 2.14. The van der Waals surface area contributed by atoms with E-state index < -0.39 is 0 Å². The third-order valence-corrected chi connectivity index (χ3v) is 3.80. The van der Waals surface area contributed by atoms with Gasteiger partial charge in [-0.3, -0.25) is 4.79 Å². The number of carbonyl (C=O) groups excluding carboxylic acids is 1. The van der Waals surface area contributed by atoms with Crippen LogP contribution in [0.2, 0.25) is 5.02 Å². The van der Waals surface area contributed by atoms with E-state index in [0.29, 0.717) is 16.3 Å². The van der Waals surface area contributed by atoms with E-state index in [1.54, 1.807) is 18.2 Å². The molecular formula is C15H14BrClN2O. The molecule has 0 heterocycles. The van der Waals surface area contributed by atoms with Gasteiger partial charge in [-0.15, -0.1) is 0 Å². The number of nitrogens with one attached hydrogen (secondary N) is 1. The van der Waals surface area contributed by atoms with Gasteiger partial charge in [0.05, 0.1) is 16.6 Å². The Balaban J connectivity index is 2.13. The van der Waals surface area contributed by atoms with Crippen molar-refractivity contribution in [2.75, 3.05) is 5.73 Å². The van der Waals surface area contributed by atoms with Gasteiger partial charge in [0.1, 0.15) is 0 Å². The monoisotopic (exact) mass is 352 g/mol. The van der Waals surface area contributed by atoms with Crippen LogP contribution in [0.3, 0.4) is 0 Å². The Morgan fingerprint density at radius 2 is 1.90 bits per heavy atom. The first kappa shape index (κ1) is 14.9. The molecule has 3 nitrogen and oxygen atoms in total. The van der Waals surface area contributed by atoms with Crippen molar-refractivity contribution in [1.29, 1.82) is 0 Å². The molecule has 1 amide bonds. The summed E-state index contributed by atoms with van der Waals surface area (Å²) in [4.78, 5) is 12.2. The molecule has 0 bridgehead atoms. The van der Waals surface area contributed by atoms with Gasteiger partial charge < -0.3 is 11.1 Å². The van der Waals surface area contributed by atoms with Gasteiger partial charge in [-0.05, 0) is 42.8 Å². The maximum atomic E-state index is 12.2. The highest BCUT2D eigenvalue weighted by Crippen LogP contribution is 2.21. The van der Waals surface area contributed by atoms with Crippen molar-refractivity contribution < 1.29 is 4.79 Å². The fourth-order valence-corrected chi connectivity index (χ4v) is 2.36. The van der Waals surface area contributed by atoms with E-state index in [-0.39, 0.29) is 11.9 Å². The summed E-state index contributed by atoms with van der Waals surface area (Å²) >= 11 is 9.41. The summed E-state index contributed by atoms with van der Waals surface area (Å²) in [6.07, 6.45) is 0. The quantitative estimate of drug-likeness (QED) is 0.813. The Morgan fingerprint density at radius 3 is 2.50 bits per heavy atom. The topological polar surface area (TPSA) is 55.1 Å². The molecule has 5 heteroatoms. The third-order valence-electron chi connectivity index (χ3n) is 2.96. The lowest BCUT2D eigenvalue weighted by Gasteiger charge is -2.15. The second-order valence-corrected chi connectivity index (χ2v) is 5.81. The highest BCUT2D eigenvalue weighted by atomic mass is 79.9. The predicted octanol–water partition coefficient (Wildman–Crippen LogP) is 4.18. The van der Waals surface area contributed by atoms with Crippen LogP contribution in [0.1, 0.15) is 28.9 Å². The van der Waals surface area contributed by atoms with E-state index in [2.05, 4.69) is 21.2 Å². The van der Waals surface area contributed by atoms with E-state index in [1.807, 2.05) is 31.2 Å². The van der Waals surface area contributed by atoms with Crippen LogP contribution in [0.5, 0.6) is 0 Å². The van der Waals surface area contributed by atoms with Crippen LogP contribution in [0, 0.1) is 0 Å². The number of anilines is 1. The summed E-state index contributed by atoms with van der Waals surface area (Å²) in [5, 5.41) is 3.27. The molecule has 0 aliphatic carbocycles. The van der Waals surface area contributed by atoms with E-state index in [1.165, 1.54) is 0 Å². The van der Waals surface area contributed by atoms with E-state index in [4.69, 9.17) is 17.3 Å². The Kier molecular flexibility index (Phi) is 4.68. The molecule has 0 saturated heterocycles. The molecular weight excluding hydrogens is 340 g/mol. The molecule has 0 spiro atoms. The fraction of sp³-hybridized carbons (Fsp3) is 0.133. The SMILES string of the molecule is C[C@@H](NC(=O)c1ccc(N)cc1Cl)c1ccc(Br)cc1. The number of hydrogen-bond donors (Lipinski definition) is 2. The lowest BCUT2D eigenvalue weighted by Crippen LogP contribution is -2.26. The van der Waals surface area contributed by atoms with Crippen LogP contribution in [0.4, 0.5) is 5.69 Å².